The van der Waals surface area contributed by atoms with Crippen LogP contribution in [-0.4, -0.2) is 24.8 Å². The summed E-state index contributed by atoms with van der Waals surface area (Å²) in [5.41, 5.74) is 1.13. The molecule has 1 atom stereocenters. The molecule has 0 aliphatic carbocycles. The van der Waals surface area contributed by atoms with Crippen molar-refractivity contribution in [3.05, 3.63) is 34.9 Å². The molecular formula is C15H22Cl2O2S. The standard InChI is InChI=1S/C15H22Cl2O2S/c1-15(2,3)20(18,19)9-8-13(11-16)10-12-4-6-14(17)7-5-12/h4-7,13H,8-11H2,1-3H3. The van der Waals surface area contributed by atoms with Crippen molar-refractivity contribution in [2.45, 2.75) is 38.4 Å². The van der Waals surface area contributed by atoms with E-state index in [1.807, 2.05) is 24.3 Å². The normalized spacial score (nSPS) is 14.2. The van der Waals surface area contributed by atoms with Gasteiger partial charge in [0.25, 0.3) is 0 Å². The highest BCUT2D eigenvalue weighted by Crippen LogP contribution is 2.21. The van der Waals surface area contributed by atoms with Gasteiger partial charge in [0.2, 0.25) is 0 Å². The average Bonchev–Trinajstić information content (AvgIpc) is 2.35. The summed E-state index contributed by atoms with van der Waals surface area (Å²) in [5.74, 6) is 0.805. The number of rotatable bonds is 6. The molecule has 1 unspecified atom stereocenters. The van der Waals surface area contributed by atoms with Gasteiger partial charge in [0.1, 0.15) is 0 Å². The predicted molar refractivity (Wildman–Crippen MR) is 87.5 cm³/mol. The van der Waals surface area contributed by atoms with E-state index in [0.717, 1.165) is 12.0 Å². The molecule has 1 rings (SSSR count). The largest absolute Gasteiger partial charge is 0.228 e. The quantitative estimate of drug-likeness (QED) is 0.724. The van der Waals surface area contributed by atoms with Crippen LogP contribution in [0.25, 0.3) is 0 Å². The Bertz CT molecular complexity index is 516. The molecule has 2 nitrogen and oxygen atoms in total. The zero-order chi connectivity index (χ0) is 15.4. The van der Waals surface area contributed by atoms with Gasteiger partial charge in [-0.25, -0.2) is 8.42 Å². The van der Waals surface area contributed by atoms with E-state index in [1.54, 1.807) is 20.8 Å². The topological polar surface area (TPSA) is 34.1 Å². The second kappa shape index (κ2) is 7.15. The van der Waals surface area contributed by atoms with Crippen molar-refractivity contribution in [2.75, 3.05) is 11.6 Å². The molecule has 0 heterocycles. The number of halogens is 2. The molecule has 0 saturated heterocycles. The molecule has 1 aromatic rings. The van der Waals surface area contributed by atoms with Gasteiger partial charge in [0.15, 0.2) is 9.84 Å². The summed E-state index contributed by atoms with van der Waals surface area (Å²) in [5, 5.41) is 0.700. The van der Waals surface area contributed by atoms with Crippen molar-refractivity contribution >= 4 is 33.0 Å². The Morgan fingerprint density at radius 2 is 1.70 bits per heavy atom. The van der Waals surface area contributed by atoms with Crippen LogP contribution in [0.2, 0.25) is 5.02 Å². The lowest BCUT2D eigenvalue weighted by atomic mass is 9.99. The van der Waals surface area contributed by atoms with Gasteiger partial charge in [-0.1, -0.05) is 23.7 Å². The fraction of sp³-hybridized carbons (Fsp3) is 0.600. The van der Waals surface area contributed by atoms with Gasteiger partial charge in [-0.15, -0.1) is 11.6 Å². The van der Waals surface area contributed by atoms with Crippen LogP contribution in [0.4, 0.5) is 0 Å². The fourth-order valence-electron chi connectivity index (χ4n) is 1.82. The summed E-state index contributed by atoms with van der Waals surface area (Å²) in [6.07, 6.45) is 1.37. The third kappa shape index (κ3) is 5.27. The Balaban J connectivity index is 2.63. The third-order valence-corrected chi connectivity index (χ3v) is 6.71. The van der Waals surface area contributed by atoms with Gasteiger partial charge >= 0.3 is 0 Å². The Morgan fingerprint density at radius 3 is 2.15 bits per heavy atom. The second-order valence-electron chi connectivity index (χ2n) is 6.07. The van der Waals surface area contributed by atoms with Gasteiger partial charge in [-0.3, -0.25) is 0 Å². The number of sulfone groups is 1. The minimum Gasteiger partial charge on any atom is -0.228 e. The van der Waals surface area contributed by atoms with Crippen LogP contribution in [0, 0.1) is 5.92 Å². The molecule has 0 saturated carbocycles. The van der Waals surface area contributed by atoms with Gasteiger partial charge in [-0.2, -0.15) is 0 Å². The van der Waals surface area contributed by atoms with Gasteiger partial charge < -0.3 is 0 Å². The van der Waals surface area contributed by atoms with Crippen LogP contribution in [-0.2, 0) is 16.3 Å². The van der Waals surface area contributed by atoms with E-state index in [1.165, 1.54) is 0 Å². The maximum atomic E-state index is 12.1. The lowest BCUT2D eigenvalue weighted by Gasteiger charge is -2.21. The molecule has 20 heavy (non-hydrogen) atoms. The van der Waals surface area contributed by atoms with Crippen molar-refractivity contribution in [1.82, 2.24) is 0 Å². The van der Waals surface area contributed by atoms with Gasteiger partial charge in [-0.05, 0) is 57.2 Å². The molecule has 1 aromatic carbocycles. The summed E-state index contributed by atoms with van der Waals surface area (Å²) < 4.78 is 23.5. The number of hydrogen-bond donors (Lipinski definition) is 0. The van der Waals surface area contributed by atoms with Crippen LogP contribution in [0.15, 0.2) is 24.3 Å². The minimum absolute atomic E-state index is 0.162. The molecule has 0 aliphatic heterocycles. The summed E-state index contributed by atoms with van der Waals surface area (Å²) in [7, 11) is -3.08. The molecule has 0 radical (unpaired) electrons. The number of hydrogen-bond acceptors (Lipinski definition) is 2. The first-order valence-corrected chi connectivity index (χ1v) is 9.25. The van der Waals surface area contributed by atoms with E-state index in [-0.39, 0.29) is 11.7 Å². The van der Waals surface area contributed by atoms with Crippen molar-refractivity contribution in [3.63, 3.8) is 0 Å². The Morgan fingerprint density at radius 1 is 1.15 bits per heavy atom. The second-order valence-corrected chi connectivity index (χ2v) is 9.68. The maximum absolute atomic E-state index is 12.1. The third-order valence-electron chi connectivity index (χ3n) is 3.38. The van der Waals surface area contributed by atoms with Crippen LogP contribution >= 0.6 is 23.2 Å². The van der Waals surface area contributed by atoms with E-state index < -0.39 is 14.6 Å². The van der Waals surface area contributed by atoms with Gasteiger partial charge in [0.05, 0.1) is 10.5 Å². The lowest BCUT2D eigenvalue weighted by Crippen LogP contribution is -2.31. The SMILES string of the molecule is CC(C)(C)S(=O)(=O)CCC(CCl)Cc1ccc(Cl)cc1. The zero-order valence-electron chi connectivity index (χ0n) is 12.2. The number of alkyl halides is 1. The molecule has 0 bridgehead atoms. The van der Waals surface area contributed by atoms with Crippen molar-refractivity contribution in [1.29, 1.82) is 0 Å². The Hall–Kier alpha value is -0.250. The molecule has 5 heteroatoms. The van der Waals surface area contributed by atoms with Crippen molar-refractivity contribution in [3.8, 4) is 0 Å². The smallest absolute Gasteiger partial charge is 0.155 e. The fourth-order valence-corrected chi connectivity index (χ4v) is 3.46. The van der Waals surface area contributed by atoms with E-state index in [4.69, 9.17) is 23.2 Å². The molecule has 114 valence electrons. The zero-order valence-corrected chi connectivity index (χ0v) is 14.5. The van der Waals surface area contributed by atoms with E-state index in [9.17, 15) is 8.42 Å². The summed E-state index contributed by atoms with van der Waals surface area (Å²) in [6, 6.07) is 7.60. The summed E-state index contributed by atoms with van der Waals surface area (Å²) in [6.45, 7) is 5.20. The molecule has 0 N–H and O–H groups in total. The Kier molecular flexibility index (Phi) is 6.36. The first-order chi connectivity index (χ1) is 9.15. The molecule has 0 amide bonds. The molecule has 0 aliphatic rings. The van der Waals surface area contributed by atoms with Crippen LogP contribution in [0.5, 0.6) is 0 Å². The van der Waals surface area contributed by atoms with Crippen LogP contribution in [0.3, 0.4) is 0 Å². The summed E-state index contributed by atoms with van der Waals surface area (Å²) in [4.78, 5) is 0. The average molecular weight is 337 g/mol. The first kappa shape index (κ1) is 17.8. The highest BCUT2D eigenvalue weighted by molar-refractivity contribution is 7.92. The van der Waals surface area contributed by atoms with E-state index in [2.05, 4.69) is 0 Å². The summed E-state index contributed by atoms with van der Waals surface area (Å²) >= 11 is 11.8. The molecular weight excluding hydrogens is 315 g/mol. The monoisotopic (exact) mass is 336 g/mol. The van der Waals surface area contributed by atoms with Gasteiger partial charge in [0, 0.05) is 10.9 Å². The molecule has 0 aromatic heterocycles. The maximum Gasteiger partial charge on any atom is 0.155 e. The van der Waals surface area contributed by atoms with Crippen LogP contribution < -0.4 is 0 Å². The Labute approximate surface area is 132 Å². The molecule has 0 fully saturated rings. The number of benzene rings is 1. The highest BCUT2D eigenvalue weighted by Gasteiger charge is 2.29. The molecule has 0 spiro atoms. The van der Waals surface area contributed by atoms with E-state index in [0.29, 0.717) is 17.3 Å². The van der Waals surface area contributed by atoms with Crippen molar-refractivity contribution in [2.24, 2.45) is 5.92 Å². The first-order valence-electron chi connectivity index (χ1n) is 6.68. The van der Waals surface area contributed by atoms with E-state index >= 15 is 0 Å². The lowest BCUT2D eigenvalue weighted by molar-refractivity contribution is 0.530. The minimum atomic E-state index is -3.08. The van der Waals surface area contributed by atoms with Crippen molar-refractivity contribution < 1.29 is 8.42 Å². The highest BCUT2D eigenvalue weighted by atomic mass is 35.5. The predicted octanol–water partition coefficient (Wildman–Crippen LogP) is 4.34. The van der Waals surface area contributed by atoms with Crippen LogP contribution in [0.1, 0.15) is 32.8 Å².